The molecule has 2 N–H and O–H groups in total. The van der Waals surface area contributed by atoms with Gasteiger partial charge < -0.3 is 20.1 Å². The third-order valence-electron chi connectivity index (χ3n) is 3.64. The number of amides is 1. The second-order valence-electron chi connectivity index (χ2n) is 5.33. The van der Waals surface area contributed by atoms with Gasteiger partial charge >= 0.3 is 6.61 Å². The Hall–Kier alpha value is -1.60. The molecule has 0 aliphatic carbocycles. The first-order valence-electron chi connectivity index (χ1n) is 7.79. The number of para-hydroxylation sites is 1. The fourth-order valence-electron chi connectivity index (χ4n) is 2.61. The summed E-state index contributed by atoms with van der Waals surface area (Å²) in [7, 11) is 0. The average Bonchev–Trinajstić information content (AvgIpc) is 3.00. The SMILES string of the molecule is CCOc1cccc(CNC(=O)CC2CCCN2)c1OC(F)F.Cl. The molecule has 0 aromatic heterocycles. The first-order chi connectivity index (χ1) is 11.1. The van der Waals surface area contributed by atoms with Crippen molar-refractivity contribution in [1.29, 1.82) is 0 Å². The van der Waals surface area contributed by atoms with Crippen molar-refractivity contribution in [1.82, 2.24) is 10.6 Å². The summed E-state index contributed by atoms with van der Waals surface area (Å²) in [6.07, 6.45) is 2.43. The molecule has 5 nitrogen and oxygen atoms in total. The number of carbonyl (C=O) groups excluding carboxylic acids is 1. The first kappa shape index (κ1) is 20.4. The van der Waals surface area contributed by atoms with E-state index < -0.39 is 6.61 Å². The normalized spacial score (nSPS) is 16.6. The van der Waals surface area contributed by atoms with Gasteiger partial charge in [0, 0.05) is 24.6 Å². The van der Waals surface area contributed by atoms with Crippen LogP contribution in [0.4, 0.5) is 8.78 Å². The lowest BCUT2D eigenvalue weighted by Crippen LogP contribution is -2.31. The summed E-state index contributed by atoms with van der Waals surface area (Å²) in [5, 5.41) is 5.99. The van der Waals surface area contributed by atoms with Crippen LogP contribution in [0.2, 0.25) is 0 Å². The van der Waals surface area contributed by atoms with E-state index in [0.29, 0.717) is 18.6 Å². The lowest BCUT2D eigenvalue weighted by molar-refractivity contribution is -0.121. The van der Waals surface area contributed by atoms with Gasteiger partial charge in [-0.25, -0.2) is 0 Å². The molecule has 136 valence electrons. The molecule has 1 aromatic rings. The summed E-state index contributed by atoms with van der Waals surface area (Å²) in [6.45, 7) is 0.196. The molecular weight excluding hydrogens is 342 g/mol. The summed E-state index contributed by atoms with van der Waals surface area (Å²) in [5.74, 6) is 0.106. The van der Waals surface area contributed by atoms with E-state index in [1.807, 2.05) is 0 Å². The zero-order valence-electron chi connectivity index (χ0n) is 13.5. The fraction of sp³-hybridized carbons (Fsp3) is 0.562. The molecule has 1 unspecified atom stereocenters. The van der Waals surface area contributed by atoms with E-state index in [-0.39, 0.29) is 42.4 Å². The largest absolute Gasteiger partial charge is 0.490 e. The van der Waals surface area contributed by atoms with Gasteiger partial charge in [0.2, 0.25) is 5.91 Å². The number of carbonyl (C=O) groups is 1. The lowest BCUT2D eigenvalue weighted by atomic mass is 10.1. The molecule has 1 aliphatic heterocycles. The zero-order valence-corrected chi connectivity index (χ0v) is 14.3. The lowest BCUT2D eigenvalue weighted by Gasteiger charge is -2.16. The Bertz CT molecular complexity index is 526. The van der Waals surface area contributed by atoms with Crippen molar-refractivity contribution >= 4 is 18.3 Å². The molecule has 1 saturated heterocycles. The monoisotopic (exact) mass is 364 g/mol. The number of halogens is 3. The molecule has 0 saturated carbocycles. The molecule has 0 bridgehead atoms. The van der Waals surface area contributed by atoms with E-state index in [9.17, 15) is 13.6 Å². The minimum absolute atomic E-state index is 0. The molecule has 8 heteroatoms. The van der Waals surface area contributed by atoms with E-state index in [2.05, 4.69) is 15.4 Å². The van der Waals surface area contributed by atoms with Crippen molar-refractivity contribution in [2.75, 3.05) is 13.2 Å². The molecule has 0 radical (unpaired) electrons. The summed E-state index contributed by atoms with van der Waals surface area (Å²) in [6, 6.07) is 5.08. The molecule has 1 heterocycles. The Morgan fingerprint density at radius 2 is 2.25 bits per heavy atom. The molecule has 1 aromatic carbocycles. The third-order valence-corrected chi connectivity index (χ3v) is 3.64. The predicted octanol–water partition coefficient (Wildman–Crippen LogP) is 2.87. The standard InChI is InChI=1S/C16H22F2N2O3.ClH/c1-2-22-13-7-3-5-11(15(13)23-16(17)18)10-20-14(21)9-12-6-4-8-19-12;/h3,5,7,12,16,19H,2,4,6,8-10H2,1H3,(H,20,21);1H. The third kappa shape index (κ3) is 6.13. The summed E-state index contributed by atoms with van der Waals surface area (Å²) in [5.41, 5.74) is 0.462. The Labute approximate surface area is 146 Å². The van der Waals surface area contributed by atoms with Crippen molar-refractivity contribution in [3.63, 3.8) is 0 Å². The maximum atomic E-state index is 12.6. The number of ether oxygens (including phenoxy) is 2. The number of nitrogens with one attached hydrogen (secondary N) is 2. The van der Waals surface area contributed by atoms with Gasteiger partial charge in [0.05, 0.1) is 6.61 Å². The van der Waals surface area contributed by atoms with Crippen LogP contribution in [-0.4, -0.2) is 31.7 Å². The van der Waals surface area contributed by atoms with Crippen LogP contribution in [-0.2, 0) is 11.3 Å². The van der Waals surface area contributed by atoms with Gasteiger partial charge in [-0.15, -0.1) is 12.4 Å². The predicted molar refractivity (Wildman–Crippen MR) is 89.0 cm³/mol. The Morgan fingerprint density at radius 3 is 2.88 bits per heavy atom. The van der Waals surface area contributed by atoms with Crippen molar-refractivity contribution in [3.8, 4) is 11.5 Å². The van der Waals surface area contributed by atoms with Crippen LogP contribution in [0.25, 0.3) is 0 Å². The second kappa shape index (κ2) is 10.3. The van der Waals surface area contributed by atoms with Crippen molar-refractivity contribution in [2.24, 2.45) is 0 Å². The van der Waals surface area contributed by atoms with Crippen LogP contribution in [0.1, 0.15) is 31.7 Å². The highest BCUT2D eigenvalue weighted by Crippen LogP contribution is 2.32. The zero-order chi connectivity index (χ0) is 16.7. The highest BCUT2D eigenvalue weighted by molar-refractivity contribution is 5.85. The van der Waals surface area contributed by atoms with Crippen LogP contribution >= 0.6 is 12.4 Å². The molecule has 1 amide bonds. The van der Waals surface area contributed by atoms with E-state index in [1.54, 1.807) is 25.1 Å². The van der Waals surface area contributed by atoms with Crippen LogP contribution < -0.4 is 20.1 Å². The Balaban J connectivity index is 0.00000288. The van der Waals surface area contributed by atoms with Gasteiger partial charge in [-0.05, 0) is 32.4 Å². The Kier molecular flexibility index (Phi) is 8.78. The number of alkyl halides is 2. The van der Waals surface area contributed by atoms with Gasteiger partial charge in [0.15, 0.2) is 11.5 Å². The molecule has 1 aliphatic rings. The van der Waals surface area contributed by atoms with Gasteiger partial charge in [-0.1, -0.05) is 12.1 Å². The Morgan fingerprint density at radius 1 is 1.46 bits per heavy atom. The molecule has 24 heavy (non-hydrogen) atoms. The highest BCUT2D eigenvalue weighted by Gasteiger charge is 2.19. The second-order valence-corrected chi connectivity index (χ2v) is 5.33. The molecule has 2 rings (SSSR count). The minimum atomic E-state index is -2.95. The molecule has 1 atom stereocenters. The van der Waals surface area contributed by atoms with E-state index >= 15 is 0 Å². The number of hydrogen-bond donors (Lipinski definition) is 2. The van der Waals surface area contributed by atoms with Crippen molar-refractivity contribution < 1.29 is 23.0 Å². The number of benzene rings is 1. The maximum absolute atomic E-state index is 12.6. The quantitative estimate of drug-likeness (QED) is 0.744. The van der Waals surface area contributed by atoms with Crippen molar-refractivity contribution in [3.05, 3.63) is 23.8 Å². The van der Waals surface area contributed by atoms with Gasteiger partial charge in [0.25, 0.3) is 0 Å². The molecular formula is C16H23ClF2N2O3. The van der Waals surface area contributed by atoms with Crippen LogP contribution in [0.3, 0.4) is 0 Å². The average molecular weight is 365 g/mol. The van der Waals surface area contributed by atoms with Gasteiger partial charge in [-0.3, -0.25) is 4.79 Å². The molecule has 1 fully saturated rings. The van der Waals surface area contributed by atoms with E-state index in [1.165, 1.54) is 0 Å². The van der Waals surface area contributed by atoms with Gasteiger partial charge in [0.1, 0.15) is 0 Å². The van der Waals surface area contributed by atoms with Crippen LogP contribution in [0, 0.1) is 0 Å². The van der Waals surface area contributed by atoms with Gasteiger partial charge in [-0.2, -0.15) is 8.78 Å². The maximum Gasteiger partial charge on any atom is 0.387 e. The number of rotatable bonds is 8. The topological polar surface area (TPSA) is 59.6 Å². The summed E-state index contributed by atoms with van der Waals surface area (Å²) < 4.78 is 35.1. The van der Waals surface area contributed by atoms with E-state index in [4.69, 9.17) is 4.74 Å². The first-order valence-corrected chi connectivity index (χ1v) is 7.79. The molecule has 0 spiro atoms. The van der Waals surface area contributed by atoms with Crippen LogP contribution in [0.5, 0.6) is 11.5 Å². The highest BCUT2D eigenvalue weighted by atomic mass is 35.5. The summed E-state index contributed by atoms with van der Waals surface area (Å²) >= 11 is 0. The minimum Gasteiger partial charge on any atom is -0.490 e. The summed E-state index contributed by atoms with van der Waals surface area (Å²) in [4.78, 5) is 11.9. The van der Waals surface area contributed by atoms with Crippen molar-refractivity contribution in [2.45, 2.75) is 45.4 Å². The van der Waals surface area contributed by atoms with Crippen LogP contribution in [0.15, 0.2) is 18.2 Å². The number of hydrogen-bond acceptors (Lipinski definition) is 4. The smallest absolute Gasteiger partial charge is 0.387 e. The fourth-order valence-corrected chi connectivity index (χ4v) is 2.61. The van der Waals surface area contributed by atoms with E-state index in [0.717, 1.165) is 19.4 Å².